The molecule has 4 rings (SSSR count). The van der Waals surface area contributed by atoms with Gasteiger partial charge in [0.25, 0.3) is 0 Å². The standard InChI is InChI=1S/C28H34F2O/c1-2-3-20-4-6-21(7-5-20)22-8-10-23(11-9-22)24-12-14-25(15-13-24)26-16-17-28(31-19-29)27(30)18-26/h4-7,14,16-18,22-24H,2-3,8-13,15,19H2,1H3. The van der Waals surface area contributed by atoms with Crippen molar-refractivity contribution < 1.29 is 13.5 Å². The Kier molecular flexibility index (Phi) is 7.42. The van der Waals surface area contributed by atoms with Crippen molar-refractivity contribution in [2.24, 2.45) is 11.8 Å². The number of aryl methyl sites for hydroxylation is 1. The summed E-state index contributed by atoms with van der Waals surface area (Å²) in [5.74, 6) is 1.77. The Labute approximate surface area is 185 Å². The molecule has 1 unspecified atom stereocenters. The predicted octanol–water partition coefficient (Wildman–Crippen LogP) is 8.24. The topological polar surface area (TPSA) is 9.23 Å². The van der Waals surface area contributed by atoms with Gasteiger partial charge in [-0.2, -0.15) is 0 Å². The third-order valence-electron chi connectivity index (χ3n) is 7.39. The summed E-state index contributed by atoms with van der Waals surface area (Å²) in [6.45, 7) is 1.23. The van der Waals surface area contributed by atoms with Crippen molar-refractivity contribution in [3.63, 3.8) is 0 Å². The number of ether oxygens (including phenoxy) is 1. The molecule has 0 aliphatic heterocycles. The van der Waals surface area contributed by atoms with Gasteiger partial charge in [-0.1, -0.05) is 49.8 Å². The van der Waals surface area contributed by atoms with E-state index in [-0.39, 0.29) is 5.75 Å². The Morgan fingerprint density at radius 1 is 0.935 bits per heavy atom. The molecule has 0 bridgehead atoms. The number of rotatable bonds is 7. The molecule has 1 fully saturated rings. The van der Waals surface area contributed by atoms with Gasteiger partial charge in [0.2, 0.25) is 6.86 Å². The smallest absolute Gasteiger partial charge is 0.228 e. The fourth-order valence-electron chi connectivity index (χ4n) is 5.59. The normalized spacial score (nSPS) is 24.0. The van der Waals surface area contributed by atoms with Crippen molar-refractivity contribution in [2.45, 2.75) is 70.6 Å². The summed E-state index contributed by atoms with van der Waals surface area (Å²) in [5, 5.41) is 0. The SMILES string of the molecule is CCCc1ccc(C2CCC(C3CC=C(c4ccc(OCF)c(F)c4)CC3)CC2)cc1. The van der Waals surface area contributed by atoms with Crippen LogP contribution in [0.4, 0.5) is 8.78 Å². The predicted molar refractivity (Wildman–Crippen MR) is 123 cm³/mol. The zero-order valence-electron chi connectivity index (χ0n) is 18.6. The van der Waals surface area contributed by atoms with Crippen molar-refractivity contribution in [1.82, 2.24) is 0 Å². The van der Waals surface area contributed by atoms with Gasteiger partial charge in [0.05, 0.1) is 0 Å². The fraction of sp³-hybridized carbons (Fsp3) is 0.500. The van der Waals surface area contributed by atoms with Gasteiger partial charge in [-0.15, -0.1) is 0 Å². The maximum absolute atomic E-state index is 14.1. The molecule has 0 radical (unpaired) electrons. The van der Waals surface area contributed by atoms with Gasteiger partial charge in [-0.3, -0.25) is 0 Å². The number of halogens is 2. The molecule has 0 N–H and O–H groups in total. The highest BCUT2D eigenvalue weighted by atomic mass is 19.1. The van der Waals surface area contributed by atoms with Crippen LogP contribution in [-0.2, 0) is 6.42 Å². The summed E-state index contributed by atoms with van der Waals surface area (Å²) in [6.07, 6.45) is 13.2. The number of hydrogen-bond donors (Lipinski definition) is 0. The summed E-state index contributed by atoms with van der Waals surface area (Å²) in [6, 6.07) is 14.2. The number of hydrogen-bond acceptors (Lipinski definition) is 1. The Hall–Kier alpha value is -2.16. The van der Waals surface area contributed by atoms with Crippen LogP contribution in [0.3, 0.4) is 0 Å². The highest BCUT2D eigenvalue weighted by Crippen LogP contribution is 2.44. The molecule has 2 aliphatic rings. The van der Waals surface area contributed by atoms with E-state index in [0.29, 0.717) is 0 Å². The molecular formula is C28H34F2O. The number of benzene rings is 2. The zero-order chi connectivity index (χ0) is 21.6. The van der Waals surface area contributed by atoms with Gasteiger partial charge in [-0.05, 0) is 104 Å². The van der Waals surface area contributed by atoms with Crippen LogP contribution in [0.5, 0.6) is 5.75 Å². The monoisotopic (exact) mass is 424 g/mol. The van der Waals surface area contributed by atoms with E-state index in [0.717, 1.165) is 36.2 Å². The fourth-order valence-corrected chi connectivity index (χ4v) is 5.59. The molecule has 0 saturated heterocycles. The highest BCUT2D eigenvalue weighted by Gasteiger charge is 2.29. The summed E-state index contributed by atoms with van der Waals surface area (Å²) in [5.41, 5.74) is 5.08. The van der Waals surface area contributed by atoms with Crippen molar-refractivity contribution >= 4 is 5.57 Å². The lowest BCUT2D eigenvalue weighted by molar-refractivity contribution is 0.184. The van der Waals surface area contributed by atoms with E-state index in [1.54, 1.807) is 0 Å². The molecule has 0 spiro atoms. The Balaban J connectivity index is 1.30. The summed E-state index contributed by atoms with van der Waals surface area (Å²) >= 11 is 0. The second-order valence-corrected chi connectivity index (χ2v) is 9.27. The maximum Gasteiger partial charge on any atom is 0.228 e. The summed E-state index contributed by atoms with van der Waals surface area (Å²) in [7, 11) is 0. The largest absolute Gasteiger partial charge is 0.460 e. The lowest BCUT2D eigenvalue weighted by Crippen LogP contribution is -2.22. The van der Waals surface area contributed by atoms with Gasteiger partial charge in [0.1, 0.15) is 0 Å². The molecule has 0 aromatic heterocycles. The molecule has 0 amide bonds. The van der Waals surface area contributed by atoms with Crippen LogP contribution in [0.25, 0.3) is 5.57 Å². The Morgan fingerprint density at radius 3 is 2.32 bits per heavy atom. The molecule has 0 heterocycles. The second kappa shape index (κ2) is 10.4. The molecule has 2 aromatic rings. The minimum Gasteiger partial charge on any atom is -0.460 e. The van der Waals surface area contributed by atoms with Gasteiger partial charge < -0.3 is 4.74 Å². The van der Waals surface area contributed by atoms with E-state index in [2.05, 4.69) is 42.0 Å². The van der Waals surface area contributed by atoms with E-state index in [4.69, 9.17) is 0 Å². The first-order valence-electron chi connectivity index (χ1n) is 11.9. The first-order valence-corrected chi connectivity index (χ1v) is 11.9. The number of alkyl halides is 1. The van der Waals surface area contributed by atoms with Gasteiger partial charge in [-0.25, -0.2) is 8.78 Å². The van der Waals surface area contributed by atoms with Crippen LogP contribution in [0.1, 0.15) is 80.9 Å². The van der Waals surface area contributed by atoms with Crippen molar-refractivity contribution in [3.8, 4) is 5.75 Å². The van der Waals surface area contributed by atoms with E-state index in [9.17, 15) is 8.78 Å². The van der Waals surface area contributed by atoms with Crippen LogP contribution >= 0.6 is 0 Å². The Bertz CT molecular complexity index is 878. The van der Waals surface area contributed by atoms with Crippen LogP contribution in [0.2, 0.25) is 0 Å². The van der Waals surface area contributed by atoms with Gasteiger partial charge in [0.15, 0.2) is 11.6 Å². The molecule has 1 atom stereocenters. The molecule has 3 heteroatoms. The highest BCUT2D eigenvalue weighted by molar-refractivity contribution is 5.67. The molecule has 2 aliphatic carbocycles. The minimum absolute atomic E-state index is 0.0164. The van der Waals surface area contributed by atoms with Crippen LogP contribution in [0.15, 0.2) is 48.5 Å². The van der Waals surface area contributed by atoms with E-state index in [1.165, 1.54) is 73.8 Å². The lowest BCUT2D eigenvalue weighted by Gasteiger charge is -2.35. The van der Waals surface area contributed by atoms with Crippen LogP contribution in [-0.4, -0.2) is 6.86 Å². The minimum atomic E-state index is -1.01. The lowest BCUT2D eigenvalue weighted by atomic mass is 9.70. The number of allylic oxidation sites excluding steroid dienone is 2. The van der Waals surface area contributed by atoms with E-state index in [1.807, 2.05) is 6.07 Å². The van der Waals surface area contributed by atoms with Crippen molar-refractivity contribution in [1.29, 1.82) is 0 Å². The third kappa shape index (κ3) is 5.37. The second-order valence-electron chi connectivity index (χ2n) is 9.27. The molecular weight excluding hydrogens is 390 g/mol. The summed E-state index contributed by atoms with van der Waals surface area (Å²) in [4.78, 5) is 0. The molecule has 1 nitrogen and oxygen atoms in total. The molecule has 166 valence electrons. The van der Waals surface area contributed by atoms with Gasteiger partial charge >= 0.3 is 0 Å². The molecule has 31 heavy (non-hydrogen) atoms. The zero-order valence-corrected chi connectivity index (χ0v) is 18.6. The Morgan fingerprint density at radius 2 is 1.71 bits per heavy atom. The van der Waals surface area contributed by atoms with Crippen molar-refractivity contribution in [2.75, 3.05) is 6.86 Å². The van der Waals surface area contributed by atoms with Crippen molar-refractivity contribution in [3.05, 3.63) is 71.0 Å². The van der Waals surface area contributed by atoms with E-state index < -0.39 is 12.7 Å². The summed E-state index contributed by atoms with van der Waals surface area (Å²) < 4.78 is 31.0. The third-order valence-corrected chi connectivity index (χ3v) is 7.39. The van der Waals surface area contributed by atoms with Crippen LogP contribution in [0, 0.1) is 17.7 Å². The first kappa shape index (κ1) is 22.0. The van der Waals surface area contributed by atoms with Crippen LogP contribution < -0.4 is 4.74 Å². The maximum atomic E-state index is 14.1. The van der Waals surface area contributed by atoms with Gasteiger partial charge in [0, 0.05) is 0 Å². The average molecular weight is 425 g/mol. The molecule has 1 saturated carbocycles. The molecule has 2 aromatic carbocycles. The average Bonchev–Trinajstić information content (AvgIpc) is 2.82. The quantitative estimate of drug-likeness (QED) is 0.435. The van der Waals surface area contributed by atoms with E-state index >= 15 is 0 Å². The first-order chi connectivity index (χ1) is 15.2.